The Morgan fingerprint density at radius 1 is 1.33 bits per heavy atom. The molecule has 2 aliphatic rings. The predicted octanol–water partition coefficient (Wildman–Crippen LogP) is 1.07. The third-order valence-electron chi connectivity index (χ3n) is 4.21. The van der Waals surface area contributed by atoms with E-state index >= 15 is 0 Å². The lowest BCUT2D eigenvalue weighted by molar-refractivity contribution is -0.130. The topological polar surface area (TPSA) is 35.6 Å². The molecule has 0 radical (unpaired) electrons. The minimum Gasteiger partial charge on any atom is -0.339 e. The van der Waals surface area contributed by atoms with Gasteiger partial charge in [-0.1, -0.05) is 6.92 Å². The van der Waals surface area contributed by atoms with Crippen molar-refractivity contribution in [3.8, 4) is 0 Å². The number of rotatable bonds is 7. The van der Waals surface area contributed by atoms with E-state index in [1.54, 1.807) is 0 Å². The molecular weight excluding hydrogens is 226 g/mol. The van der Waals surface area contributed by atoms with Crippen molar-refractivity contribution < 1.29 is 4.79 Å². The Morgan fingerprint density at radius 2 is 2.11 bits per heavy atom. The third-order valence-corrected chi connectivity index (χ3v) is 4.21. The number of likely N-dealkylation sites (N-methyl/N-ethyl adjacent to an activating group) is 2. The number of amides is 1. The first-order chi connectivity index (χ1) is 8.76. The summed E-state index contributed by atoms with van der Waals surface area (Å²) in [5.74, 6) is 0.279. The van der Waals surface area contributed by atoms with Gasteiger partial charge in [0.25, 0.3) is 0 Å². The van der Waals surface area contributed by atoms with Gasteiger partial charge in [0.1, 0.15) is 0 Å². The number of hydrogen-bond donors (Lipinski definition) is 1. The van der Waals surface area contributed by atoms with Crippen LogP contribution in [-0.4, -0.2) is 60.5 Å². The molecule has 1 amide bonds. The van der Waals surface area contributed by atoms with Gasteiger partial charge in [-0.2, -0.15) is 0 Å². The fourth-order valence-corrected chi connectivity index (χ4v) is 3.01. The minimum atomic E-state index is 0.279. The maximum absolute atomic E-state index is 12.0. The summed E-state index contributed by atoms with van der Waals surface area (Å²) in [6.07, 6.45) is 4.98. The van der Waals surface area contributed by atoms with E-state index in [1.165, 1.54) is 32.2 Å². The summed E-state index contributed by atoms with van der Waals surface area (Å²) in [5, 5.41) is 3.36. The molecule has 1 atom stereocenters. The third kappa shape index (κ3) is 3.45. The van der Waals surface area contributed by atoms with Crippen LogP contribution < -0.4 is 5.32 Å². The quantitative estimate of drug-likeness (QED) is 0.737. The summed E-state index contributed by atoms with van der Waals surface area (Å²) >= 11 is 0. The van der Waals surface area contributed by atoms with Crippen molar-refractivity contribution in [1.29, 1.82) is 0 Å². The summed E-state index contributed by atoms with van der Waals surface area (Å²) in [7, 11) is 0. The van der Waals surface area contributed by atoms with Gasteiger partial charge in [-0.25, -0.2) is 0 Å². The second kappa shape index (κ2) is 6.53. The molecule has 0 bridgehead atoms. The van der Waals surface area contributed by atoms with Crippen molar-refractivity contribution in [2.75, 3.05) is 32.7 Å². The molecule has 2 fully saturated rings. The number of nitrogens with zero attached hydrogens (tertiary/aromatic N) is 2. The van der Waals surface area contributed by atoms with Crippen LogP contribution in [0, 0.1) is 0 Å². The van der Waals surface area contributed by atoms with E-state index in [-0.39, 0.29) is 5.91 Å². The number of nitrogens with one attached hydrogen (secondary N) is 1. The summed E-state index contributed by atoms with van der Waals surface area (Å²) < 4.78 is 0. The lowest BCUT2D eigenvalue weighted by atomic mass is 10.2. The maximum Gasteiger partial charge on any atom is 0.236 e. The standard InChI is InChI=1S/C14H27N3O/c1-3-16-9-5-6-13(16)10-15-11-14(18)17(4-2)12-7-8-12/h12-13,15H,3-11H2,1-2H3. The molecule has 1 aliphatic carbocycles. The average Bonchev–Trinajstić information content (AvgIpc) is 3.09. The van der Waals surface area contributed by atoms with Gasteiger partial charge in [-0.15, -0.1) is 0 Å². The number of carbonyl (C=O) groups excluding carboxylic acids is 1. The molecule has 1 saturated carbocycles. The van der Waals surface area contributed by atoms with E-state index in [1.807, 2.05) is 4.90 Å². The molecular formula is C14H27N3O. The minimum absolute atomic E-state index is 0.279. The van der Waals surface area contributed by atoms with Crippen molar-refractivity contribution in [3.05, 3.63) is 0 Å². The highest BCUT2D eigenvalue weighted by molar-refractivity contribution is 5.78. The number of hydrogen-bond acceptors (Lipinski definition) is 3. The Balaban J connectivity index is 1.66. The van der Waals surface area contributed by atoms with Gasteiger partial charge < -0.3 is 10.2 Å². The lowest BCUT2D eigenvalue weighted by Crippen LogP contribution is -2.43. The fraction of sp³-hybridized carbons (Fsp3) is 0.929. The Labute approximate surface area is 111 Å². The molecule has 0 spiro atoms. The zero-order valence-corrected chi connectivity index (χ0v) is 11.8. The zero-order valence-electron chi connectivity index (χ0n) is 11.8. The van der Waals surface area contributed by atoms with E-state index in [2.05, 4.69) is 24.1 Å². The molecule has 0 aromatic carbocycles. The Kier molecular flexibility index (Phi) is 5.01. The van der Waals surface area contributed by atoms with Crippen LogP contribution in [0.3, 0.4) is 0 Å². The van der Waals surface area contributed by atoms with Crippen LogP contribution in [0.15, 0.2) is 0 Å². The summed E-state index contributed by atoms with van der Waals surface area (Å²) in [6.45, 7) is 8.97. The zero-order chi connectivity index (χ0) is 13.0. The first kappa shape index (κ1) is 13.8. The molecule has 1 unspecified atom stereocenters. The van der Waals surface area contributed by atoms with Crippen molar-refractivity contribution in [2.24, 2.45) is 0 Å². The molecule has 1 saturated heterocycles. The van der Waals surface area contributed by atoms with Crippen LogP contribution in [0.2, 0.25) is 0 Å². The molecule has 1 heterocycles. The van der Waals surface area contributed by atoms with Crippen molar-refractivity contribution in [1.82, 2.24) is 15.1 Å². The van der Waals surface area contributed by atoms with Crippen molar-refractivity contribution >= 4 is 5.91 Å². The van der Waals surface area contributed by atoms with Crippen LogP contribution >= 0.6 is 0 Å². The van der Waals surface area contributed by atoms with Gasteiger partial charge in [0.15, 0.2) is 0 Å². The van der Waals surface area contributed by atoms with Crippen LogP contribution in [-0.2, 0) is 4.79 Å². The van der Waals surface area contributed by atoms with Gasteiger partial charge in [0.2, 0.25) is 5.91 Å². The molecule has 0 aromatic rings. The lowest BCUT2D eigenvalue weighted by Gasteiger charge is -2.24. The molecule has 4 heteroatoms. The number of carbonyl (C=O) groups is 1. The van der Waals surface area contributed by atoms with Crippen LogP contribution in [0.25, 0.3) is 0 Å². The molecule has 2 rings (SSSR count). The van der Waals surface area contributed by atoms with E-state index < -0.39 is 0 Å². The second-order valence-electron chi connectivity index (χ2n) is 5.47. The second-order valence-corrected chi connectivity index (χ2v) is 5.47. The molecule has 4 nitrogen and oxygen atoms in total. The SMILES string of the molecule is CCN1CCCC1CNCC(=O)N(CC)C1CC1. The van der Waals surface area contributed by atoms with Crippen molar-refractivity contribution in [2.45, 2.75) is 51.6 Å². The molecule has 0 aromatic heterocycles. The van der Waals surface area contributed by atoms with Gasteiger partial charge in [-0.05, 0) is 45.7 Å². The monoisotopic (exact) mass is 253 g/mol. The Bertz CT molecular complexity index is 278. The number of likely N-dealkylation sites (tertiary alicyclic amines) is 1. The molecule has 18 heavy (non-hydrogen) atoms. The summed E-state index contributed by atoms with van der Waals surface area (Å²) in [6, 6.07) is 1.18. The normalized spacial score (nSPS) is 24.4. The first-order valence-electron chi connectivity index (χ1n) is 7.50. The highest BCUT2D eigenvalue weighted by Gasteiger charge is 2.31. The van der Waals surface area contributed by atoms with Crippen molar-refractivity contribution in [3.63, 3.8) is 0 Å². The summed E-state index contributed by atoms with van der Waals surface area (Å²) in [4.78, 5) is 16.6. The van der Waals surface area contributed by atoms with E-state index in [0.717, 1.165) is 19.6 Å². The van der Waals surface area contributed by atoms with Gasteiger partial charge in [0.05, 0.1) is 6.54 Å². The highest BCUT2D eigenvalue weighted by atomic mass is 16.2. The van der Waals surface area contributed by atoms with Gasteiger partial charge >= 0.3 is 0 Å². The van der Waals surface area contributed by atoms with Crippen LogP contribution in [0.1, 0.15) is 39.5 Å². The van der Waals surface area contributed by atoms with E-state index in [4.69, 9.17) is 0 Å². The predicted molar refractivity (Wildman–Crippen MR) is 73.5 cm³/mol. The van der Waals surface area contributed by atoms with E-state index in [9.17, 15) is 4.79 Å². The summed E-state index contributed by atoms with van der Waals surface area (Å²) in [5.41, 5.74) is 0. The fourth-order valence-electron chi connectivity index (χ4n) is 3.01. The highest BCUT2D eigenvalue weighted by Crippen LogP contribution is 2.26. The Hall–Kier alpha value is -0.610. The van der Waals surface area contributed by atoms with Crippen LogP contribution in [0.5, 0.6) is 0 Å². The smallest absolute Gasteiger partial charge is 0.236 e. The van der Waals surface area contributed by atoms with Gasteiger partial charge in [-0.3, -0.25) is 9.69 Å². The van der Waals surface area contributed by atoms with E-state index in [0.29, 0.717) is 18.6 Å². The average molecular weight is 253 g/mol. The molecule has 104 valence electrons. The largest absolute Gasteiger partial charge is 0.339 e. The molecule has 1 N–H and O–H groups in total. The molecule has 1 aliphatic heterocycles. The Morgan fingerprint density at radius 3 is 2.72 bits per heavy atom. The van der Waals surface area contributed by atoms with Gasteiger partial charge in [0, 0.05) is 25.2 Å². The first-order valence-corrected chi connectivity index (χ1v) is 7.50. The van der Waals surface area contributed by atoms with Crippen LogP contribution in [0.4, 0.5) is 0 Å². The maximum atomic E-state index is 12.0.